The molecule has 0 radical (unpaired) electrons. The fourth-order valence-corrected chi connectivity index (χ4v) is 1.88. The van der Waals surface area contributed by atoms with E-state index in [2.05, 4.69) is 13.8 Å². The lowest BCUT2D eigenvalue weighted by Crippen LogP contribution is -2.00. The molecule has 0 saturated heterocycles. The van der Waals surface area contributed by atoms with Crippen molar-refractivity contribution < 1.29 is 5.11 Å². The maximum absolute atomic E-state index is 8.69. The Morgan fingerprint density at radius 1 is 0.846 bits per heavy atom. The van der Waals surface area contributed by atoms with E-state index >= 15 is 0 Å². The molecule has 0 aliphatic carbocycles. The Labute approximate surface area is 83.5 Å². The van der Waals surface area contributed by atoms with Crippen LogP contribution < -0.4 is 0 Å². The molecule has 0 heterocycles. The van der Waals surface area contributed by atoms with Gasteiger partial charge in [0.1, 0.15) is 0 Å². The van der Waals surface area contributed by atoms with Gasteiger partial charge in [-0.15, -0.1) is 0 Å². The van der Waals surface area contributed by atoms with Crippen LogP contribution in [-0.2, 0) is 0 Å². The molecule has 0 rings (SSSR count). The monoisotopic (exact) mass is 186 g/mol. The number of rotatable bonds is 9. The number of aliphatic hydroxyl groups excluding tert-OH is 1. The minimum absolute atomic E-state index is 0.368. The maximum atomic E-state index is 8.69. The van der Waals surface area contributed by atoms with E-state index in [9.17, 15) is 0 Å². The highest BCUT2D eigenvalue weighted by atomic mass is 16.2. The van der Waals surface area contributed by atoms with Crippen molar-refractivity contribution in [3.63, 3.8) is 0 Å². The first kappa shape index (κ1) is 13.0. The SMILES string of the molecule is CCCC[C@H](CCC)CCCCO. The average Bonchev–Trinajstić information content (AvgIpc) is 2.14. The van der Waals surface area contributed by atoms with Gasteiger partial charge in [0.05, 0.1) is 0 Å². The summed E-state index contributed by atoms with van der Waals surface area (Å²) in [6.07, 6.45) is 10.3. The first-order valence-corrected chi connectivity index (χ1v) is 5.96. The fraction of sp³-hybridized carbons (Fsp3) is 1.00. The minimum atomic E-state index is 0.368. The quantitative estimate of drug-likeness (QED) is 0.544. The van der Waals surface area contributed by atoms with Crippen molar-refractivity contribution in [2.75, 3.05) is 6.61 Å². The molecule has 0 aromatic heterocycles. The molecule has 0 aliphatic rings. The summed E-state index contributed by atoms with van der Waals surface area (Å²) in [5, 5.41) is 8.69. The smallest absolute Gasteiger partial charge is 0.0431 e. The van der Waals surface area contributed by atoms with Crippen LogP contribution in [-0.4, -0.2) is 11.7 Å². The van der Waals surface area contributed by atoms with Crippen LogP contribution in [0.1, 0.15) is 65.2 Å². The molecular formula is C12H26O. The molecule has 0 bridgehead atoms. The van der Waals surface area contributed by atoms with E-state index in [0.717, 1.165) is 12.3 Å². The Bertz CT molecular complexity index is 91.1. The lowest BCUT2D eigenvalue weighted by atomic mass is 9.92. The van der Waals surface area contributed by atoms with Gasteiger partial charge in [-0.1, -0.05) is 58.8 Å². The summed E-state index contributed by atoms with van der Waals surface area (Å²) in [4.78, 5) is 0. The zero-order chi connectivity index (χ0) is 9.94. The Morgan fingerprint density at radius 3 is 2.08 bits per heavy atom. The lowest BCUT2D eigenvalue weighted by molar-refractivity contribution is 0.274. The van der Waals surface area contributed by atoms with Crippen LogP contribution in [0.25, 0.3) is 0 Å². The van der Waals surface area contributed by atoms with Gasteiger partial charge in [0.25, 0.3) is 0 Å². The highest BCUT2D eigenvalue weighted by Gasteiger charge is 2.06. The van der Waals surface area contributed by atoms with Crippen molar-refractivity contribution in [1.29, 1.82) is 0 Å². The van der Waals surface area contributed by atoms with Crippen molar-refractivity contribution >= 4 is 0 Å². The number of unbranched alkanes of at least 4 members (excludes halogenated alkanes) is 2. The summed E-state index contributed by atoms with van der Waals surface area (Å²) in [6, 6.07) is 0. The van der Waals surface area contributed by atoms with Gasteiger partial charge in [0.15, 0.2) is 0 Å². The van der Waals surface area contributed by atoms with E-state index in [1.54, 1.807) is 0 Å². The molecule has 0 fully saturated rings. The van der Waals surface area contributed by atoms with Gasteiger partial charge < -0.3 is 5.11 Å². The van der Waals surface area contributed by atoms with E-state index in [1.165, 1.54) is 44.9 Å². The van der Waals surface area contributed by atoms with Crippen LogP contribution in [0.15, 0.2) is 0 Å². The third-order valence-corrected chi connectivity index (χ3v) is 2.68. The molecule has 0 aromatic rings. The Kier molecular flexibility index (Phi) is 10.0. The van der Waals surface area contributed by atoms with Crippen LogP contribution >= 0.6 is 0 Å². The van der Waals surface area contributed by atoms with Crippen molar-refractivity contribution in [2.24, 2.45) is 5.92 Å². The second-order valence-corrected chi connectivity index (χ2v) is 4.02. The first-order chi connectivity index (χ1) is 6.35. The lowest BCUT2D eigenvalue weighted by Gasteiger charge is -2.14. The summed E-state index contributed by atoms with van der Waals surface area (Å²) in [5.74, 6) is 0.927. The van der Waals surface area contributed by atoms with Crippen LogP contribution in [0.2, 0.25) is 0 Å². The maximum Gasteiger partial charge on any atom is 0.0431 e. The molecule has 0 aliphatic heterocycles. The molecule has 1 heteroatoms. The Hall–Kier alpha value is -0.0400. The highest BCUT2D eigenvalue weighted by Crippen LogP contribution is 2.20. The van der Waals surface area contributed by atoms with Crippen molar-refractivity contribution in [3.05, 3.63) is 0 Å². The zero-order valence-electron chi connectivity index (χ0n) is 9.39. The van der Waals surface area contributed by atoms with E-state index in [1.807, 2.05) is 0 Å². The number of hydrogen-bond acceptors (Lipinski definition) is 1. The van der Waals surface area contributed by atoms with Gasteiger partial charge >= 0.3 is 0 Å². The molecular weight excluding hydrogens is 160 g/mol. The topological polar surface area (TPSA) is 20.2 Å². The van der Waals surface area contributed by atoms with Crippen molar-refractivity contribution in [1.82, 2.24) is 0 Å². The van der Waals surface area contributed by atoms with Crippen LogP contribution in [0.5, 0.6) is 0 Å². The van der Waals surface area contributed by atoms with Gasteiger partial charge in [-0.2, -0.15) is 0 Å². The van der Waals surface area contributed by atoms with Crippen molar-refractivity contribution in [3.8, 4) is 0 Å². The van der Waals surface area contributed by atoms with Gasteiger partial charge in [0.2, 0.25) is 0 Å². The molecule has 0 unspecified atom stereocenters. The minimum Gasteiger partial charge on any atom is -0.396 e. The van der Waals surface area contributed by atoms with E-state index in [-0.39, 0.29) is 0 Å². The standard InChI is InChI=1S/C12H26O/c1-3-5-9-12(8-4-2)10-6-7-11-13/h12-13H,3-11H2,1-2H3/t12-/m0/s1. The van der Waals surface area contributed by atoms with E-state index in [4.69, 9.17) is 5.11 Å². The molecule has 1 N–H and O–H groups in total. The third-order valence-electron chi connectivity index (χ3n) is 2.68. The van der Waals surface area contributed by atoms with Crippen LogP contribution in [0, 0.1) is 5.92 Å². The second kappa shape index (κ2) is 10.0. The summed E-state index contributed by atoms with van der Waals surface area (Å²) in [7, 11) is 0. The summed E-state index contributed by atoms with van der Waals surface area (Å²) in [5.41, 5.74) is 0. The average molecular weight is 186 g/mol. The molecule has 0 aromatic carbocycles. The van der Waals surface area contributed by atoms with Gasteiger partial charge in [-0.3, -0.25) is 0 Å². The highest BCUT2D eigenvalue weighted by molar-refractivity contribution is 4.59. The number of aliphatic hydroxyl groups is 1. The summed E-state index contributed by atoms with van der Waals surface area (Å²) in [6.45, 7) is 4.90. The predicted octanol–water partition coefficient (Wildman–Crippen LogP) is 3.76. The summed E-state index contributed by atoms with van der Waals surface area (Å²) < 4.78 is 0. The van der Waals surface area contributed by atoms with E-state index < -0.39 is 0 Å². The van der Waals surface area contributed by atoms with Crippen molar-refractivity contribution in [2.45, 2.75) is 65.2 Å². The number of hydrogen-bond donors (Lipinski definition) is 1. The largest absolute Gasteiger partial charge is 0.396 e. The Morgan fingerprint density at radius 2 is 1.54 bits per heavy atom. The first-order valence-electron chi connectivity index (χ1n) is 5.96. The molecule has 1 atom stereocenters. The van der Waals surface area contributed by atoms with Gasteiger partial charge in [-0.25, -0.2) is 0 Å². The second-order valence-electron chi connectivity index (χ2n) is 4.02. The van der Waals surface area contributed by atoms with Gasteiger partial charge in [-0.05, 0) is 12.3 Å². The Balaban J connectivity index is 3.41. The van der Waals surface area contributed by atoms with Crippen LogP contribution in [0.4, 0.5) is 0 Å². The van der Waals surface area contributed by atoms with Gasteiger partial charge in [0, 0.05) is 6.61 Å². The third kappa shape index (κ3) is 8.29. The predicted molar refractivity (Wildman–Crippen MR) is 58.9 cm³/mol. The molecule has 0 spiro atoms. The zero-order valence-corrected chi connectivity index (χ0v) is 9.39. The normalized spacial score (nSPS) is 13.2. The van der Waals surface area contributed by atoms with E-state index in [0.29, 0.717) is 6.61 Å². The fourth-order valence-electron chi connectivity index (χ4n) is 1.88. The molecule has 0 saturated carbocycles. The molecule has 0 amide bonds. The van der Waals surface area contributed by atoms with Crippen LogP contribution in [0.3, 0.4) is 0 Å². The molecule has 13 heavy (non-hydrogen) atoms. The molecule has 1 nitrogen and oxygen atoms in total. The molecule has 80 valence electrons. The summed E-state index contributed by atoms with van der Waals surface area (Å²) >= 11 is 0.